The molecule has 1 saturated heterocycles. The van der Waals surface area contributed by atoms with Crippen LogP contribution in [0.25, 0.3) is 0 Å². The van der Waals surface area contributed by atoms with E-state index >= 15 is 0 Å². The standard InChI is InChI=1S/C42H62N4O6/c1-28(2)50-34-17-11-14-31(37(34)47)22-43-24-41(7,8)26-45-20-21-46(40(45)33-16-13-19-36(39(33)49)52-30(5)6)27-42(9,10)25-44-23-32-15-12-18-35(38(32)48)51-29(3)4/h11,13-14,16-19,22-23,28-30,40,47-49H,12,15,20-21,24-27H2,1-10H3/b43-22+,44-23+. The molecule has 0 bridgehead atoms. The van der Waals surface area contributed by atoms with E-state index in [-0.39, 0.29) is 52.6 Å². The maximum atomic E-state index is 11.6. The quantitative estimate of drug-likeness (QED) is 0.140. The molecule has 286 valence electrons. The van der Waals surface area contributed by atoms with Crippen molar-refractivity contribution in [1.29, 1.82) is 0 Å². The van der Waals surface area contributed by atoms with Crippen LogP contribution >= 0.6 is 0 Å². The maximum absolute atomic E-state index is 11.6. The predicted molar refractivity (Wildman–Crippen MR) is 210 cm³/mol. The minimum Gasteiger partial charge on any atom is -0.504 e. The summed E-state index contributed by atoms with van der Waals surface area (Å²) in [4.78, 5) is 14.4. The van der Waals surface area contributed by atoms with Gasteiger partial charge in [-0.3, -0.25) is 19.8 Å². The normalized spacial score (nSPS) is 18.1. The van der Waals surface area contributed by atoms with Crippen LogP contribution < -0.4 is 9.47 Å². The highest BCUT2D eigenvalue weighted by Gasteiger charge is 2.40. The number of para-hydroxylation sites is 2. The average Bonchev–Trinajstić information content (AvgIpc) is 3.40. The van der Waals surface area contributed by atoms with Crippen molar-refractivity contribution < 1.29 is 29.5 Å². The topological polar surface area (TPSA) is 120 Å². The lowest BCUT2D eigenvalue weighted by Gasteiger charge is -2.38. The Hall–Kier alpha value is -4.02. The molecule has 3 N–H and O–H groups in total. The number of benzene rings is 2. The Labute approximate surface area is 311 Å². The largest absolute Gasteiger partial charge is 0.504 e. The van der Waals surface area contributed by atoms with Crippen LogP contribution in [-0.4, -0.2) is 95.1 Å². The van der Waals surface area contributed by atoms with Crippen molar-refractivity contribution in [3.63, 3.8) is 0 Å². The van der Waals surface area contributed by atoms with Gasteiger partial charge in [-0.25, -0.2) is 0 Å². The van der Waals surface area contributed by atoms with Gasteiger partial charge in [-0.2, -0.15) is 0 Å². The van der Waals surface area contributed by atoms with E-state index in [9.17, 15) is 15.3 Å². The van der Waals surface area contributed by atoms with E-state index in [0.29, 0.717) is 35.9 Å². The van der Waals surface area contributed by atoms with Crippen molar-refractivity contribution >= 4 is 12.4 Å². The Morgan fingerprint density at radius 1 is 0.731 bits per heavy atom. The second kappa shape index (κ2) is 17.7. The first-order valence-corrected chi connectivity index (χ1v) is 18.7. The summed E-state index contributed by atoms with van der Waals surface area (Å²) in [7, 11) is 0. The first-order chi connectivity index (χ1) is 24.5. The van der Waals surface area contributed by atoms with Gasteiger partial charge in [0.05, 0.1) is 24.5 Å². The van der Waals surface area contributed by atoms with E-state index in [1.165, 1.54) is 0 Å². The number of ether oxygens (including phenoxy) is 3. The molecule has 2 aromatic rings. The minimum atomic E-state index is -0.226. The van der Waals surface area contributed by atoms with Crippen LogP contribution in [0.1, 0.15) is 99.4 Å². The number of aliphatic imine (C=N–C) groups is 2. The van der Waals surface area contributed by atoms with Crippen LogP contribution in [0.4, 0.5) is 0 Å². The fourth-order valence-corrected chi connectivity index (χ4v) is 6.76. The van der Waals surface area contributed by atoms with E-state index in [2.05, 4.69) is 37.5 Å². The Morgan fingerprint density at radius 3 is 1.81 bits per heavy atom. The molecule has 0 radical (unpaired) electrons. The molecule has 2 aliphatic rings. The second-order valence-corrected chi connectivity index (χ2v) is 16.5. The molecule has 0 saturated carbocycles. The van der Waals surface area contributed by atoms with Crippen LogP contribution in [0, 0.1) is 10.8 Å². The molecule has 0 amide bonds. The summed E-state index contributed by atoms with van der Waals surface area (Å²) in [5.41, 5.74) is 1.79. The number of hydrogen-bond acceptors (Lipinski definition) is 10. The van der Waals surface area contributed by atoms with Gasteiger partial charge < -0.3 is 29.5 Å². The van der Waals surface area contributed by atoms with Crippen LogP contribution in [-0.2, 0) is 4.74 Å². The first-order valence-electron chi connectivity index (χ1n) is 18.7. The third-order valence-corrected chi connectivity index (χ3v) is 8.85. The Balaban J connectivity index is 1.53. The third-order valence-electron chi connectivity index (χ3n) is 8.85. The Kier molecular flexibility index (Phi) is 13.8. The number of aliphatic hydroxyl groups is 1. The molecule has 0 spiro atoms. The zero-order valence-electron chi connectivity index (χ0n) is 33.0. The third kappa shape index (κ3) is 11.2. The fourth-order valence-electron chi connectivity index (χ4n) is 6.76. The van der Waals surface area contributed by atoms with E-state index in [4.69, 9.17) is 24.2 Å². The lowest BCUT2D eigenvalue weighted by atomic mass is 9.91. The van der Waals surface area contributed by atoms with Gasteiger partial charge in [-0.1, -0.05) is 45.9 Å². The summed E-state index contributed by atoms with van der Waals surface area (Å²) < 4.78 is 17.6. The lowest BCUT2D eigenvalue weighted by Crippen LogP contribution is -2.41. The first kappa shape index (κ1) is 40.7. The summed E-state index contributed by atoms with van der Waals surface area (Å²) in [6.45, 7) is 24.7. The minimum absolute atomic E-state index is 0.0193. The molecule has 1 aliphatic heterocycles. The summed E-state index contributed by atoms with van der Waals surface area (Å²) in [6.07, 6.45) is 6.64. The number of hydrogen-bond donors (Lipinski definition) is 3. The van der Waals surface area contributed by atoms with Crippen molar-refractivity contribution in [3.05, 3.63) is 70.7 Å². The summed E-state index contributed by atoms with van der Waals surface area (Å²) in [6, 6.07) is 11.2. The number of allylic oxidation sites excluding steroid dienone is 2. The van der Waals surface area contributed by atoms with E-state index in [1.807, 2.05) is 78.0 Å². The zero-order valence-corrected chi connectivity index (χ0v) is 33.0. The molecule has 4 rings (SSSR count). The van der Waals surface area contributed by atoms with Crippen LogP contribution in [0.5, 0.6) is 23.0 Å². The summed E-state index contributed by atoms with van der Waals surface area (Å²) >= 11 is 0. The van der Waals surface area contributed by atoms with Gasteiger partial charge in [0.15, 0.2) is 34.5 Å². The van der Waals surface area contributed by atoms with E-state index in [0.717, 1.165) is 50.2 Å². The molecule has 52 heavy (non-hydrogen) atoms. The van der Waals surface area contributed by atoms with Crippen molar-refractivity contribution in [2.45, 2.75) is 107 Å². The van der Waals surface area contributed by atoms with Gasteiger partial charge in [-0.15, -0.1) is 0 Å². The molecule has 1 atom stereocenters. The number of phenolic OH excluding ortho intramolecular Hbond substituents is 2. The molecule has 0 aromatic heterocycles. The number of rotatable bonds is 17. The van der Waals surface area contributed by atoms with Crippen molar-refractivity contribution in [3.8, 4) is 23.0 Å². The highest BCUT2D eigenvalue weighted by atomic mass is 16.5. The average molecular weight is 719 g/mol. The molecule has 1 unspecified atom stereocenters. The van der Waals surface area contributed by atoms with Gasteiger partial charge in [-0.05, 0) is 89.5 Å². The summed E-state index contributed by atoms with van der Waals surface area (Å²) in [5, 5.41) is 33.2. The maximum Gasteiger partial charge on any atom is 0.166 e. The number of aliphatic hydroxyl groups excluding tert-OH is 1. The smallest absolute Gasteiger partial charge is 0.166 e. The molecule has 1 heterocycles. The Bertz CT molecular complexity index is 1620. The molecular formula is C42H62N4O6. The lowest BCUT2D eigenvalue weighted by molar-refractivity contribution is 0.0752. The van der Waals surface area contributed by atoms with E-state index < -0.39 is 0 Å². The SMILES string of the molecule is CC(C)OC1=CCCC(/C=N/CC(C)(C)CN2CCN(CC(C)(C)C/N=C/c3cccc(OC(C)C)c3O)C2c2cccc(OC(C)C)c2O)=C1O. The molecular weight excluding hydrogens is 656 g/mol. The van der Waals surface area contributed by atoms with Crippen LogP contribution in [0.3, 0.4) is 0 Å². The molecule has 1 aliphatic carbocycles. The zero-order chi connectivity index (χ0) is 38.2. The molecule has 1 fully saturated rings. The molecule has 10 nitrogen and oxygen atoms in total. The fraction of sp³-hybridized carbons (Fsp3) is 0.571. The number of phenols is 2. The second-order valence-electron chi connectivity index (χ2n) is 16.5. The van der Waals surface area contributed by atoms with Gasteiger partial charge >= 0.3 is 0 Å². The highest BCUT2D eigenvalue weighted by molar-refractivity contribution is 5.84. The van der Waals surface area contributed by atoms with Gasteiger partial charge in [0.1, 0.15) is 0 Å². The van der Waals surface area contributed by atoms with Crippen molar-refractivity contribution in [1.82, 2.24) is 9.80 Å². The van der Waals surface area contributed by atoms with E-state index in [1.54, 1.807) is 18.5 Å². The van der Waals surface area contributed by atoms with Crippen molar-refractivity contribution in [2.24, 2.45) is 20.8 Å². The van der Waals surface area contributed by atoms with Crippen LogP contribution in [0.15, 0.2) is 69.6 Å². The molecule has 2 aromatic carbocycles. The Morgan fingerprint density at radius 2 is 1.25 bits per heavy atom. The highest BCUT2D eigenvalue weighted by Crippen LogP contribution is 2.42. The monoisotopic (exact) mass is 718 g/mol. The summed E-state index contributed by atoms with van der Waals surface area (Å²) in [5.74, 6) is 1.88. The van der Waals surface area contributed by atoms with Gasteiger partial charge in [0, 0.05) is 68.4 Å². The number of nitrogens with zero attached hydrogens (tertiary/aromatic N) is 4. The van der Waals surface area contributed by atoms with Crippen molar-refractivity contribution in [2.75, 3.05) is 39.3 Å². The van der Waals surface area contributed by atoms with Gasteiger partial charge in [0.2, 0.25) is 0 Å². The molecule has 10 heteroatoms. The predicted octanol–water partition coefficient (Wildman–Crippen LogP) is 8.45. The van der Waals surface area contributed by atoms with Gasteiger partial charge in [0.25, 0.3) is 0 Å². The number of aromatic hydroxyl groups is 2. The van der Waals surface area contributed by atoms with Crippen LogP contribution in [0.2, 0.25) is 0 Å².